The van der Waals surface area contributed by atoms with Crippen LogP contribution >= 0.6 is 11.6 Å². The zero-order valence-corrected chi connectivity index (χ0v) is 10.5. The molecule has 88 valence electrons. The average molecular weight is 239 g/mol. The molecule has 1 saturated heterocycles. The average Bonchev–Trinajstić information content (AvgIpc) is 2.31. The van der Waals surface area contributed by atoms with Gasteiger partial charge in [0.05, 0.1) is 10.7 Å². The number of benzene rings is 1. The number of nitrogens with zero attached hydrogens (tertiary/aromatic N) is 1. The molecule has 3 heteroatoms. The summed E-state index contributed by atoms with van der Waals surface area (Å²) in [5.41, 5.74) is 1.12. The second-order valence-electron chi connectivity index (χ2n) is 4.48. The summed E-state index contributed by atoms with van der Waals surface area (Å²) in [6.45, 7) is 2.19. The van der Waals surface area contributed by atoms with Crippen LogP contribution in [-0.4, -0.2) is 26.2 Å². The molecule has 1 heterocycles. The van der Waals surface area contributed by atoms with E-state index in [1.807, 2.05) is 18.2 Å². The van der Waals surface area contributed by atoms with E-state index in [2.05, 4.69) is 23.3 Å². The molecule has 1 aliphatic rings. The highest BCUT2D eigenvalue weighted by Gasteiger charge is 2.15. The zero-order valence-electron chi connectivity index (χ0n) is 9.75. The first kappa shape index (κ1) is 11.7. The van der Waals surface area contributed by atoms with Crippen LogP contribution < -0.4 is 10.2 Å². The lowest BCUT2D eigenvalue weighted by Gasteiger charge is -2.29. The number of hydrogen-bond acceptors (Lipinski definition) is 2. The van der Waals surface area contributed by atoms with Gasteiger partial charge in [0.15, 0.2) is 0 Å². The molecule has 1 atom stereocenters. The van der Waals surface area contributed by atoms with Gasteiger partial charge < -0.3 is 10.2 Å². The van der Waals surface area contributed by atoms with Crippen molar-refractivity contribution in [2.24, 2.45) is 0 Å². The van der Waals surface area contributed by atoms with Crippen LogP contribution in [0.4, 0.5) is 5.69 Å². The number of anilines is 1. The van der Waals surface area contributed by atoms with Crippen LogP contribution in [0.3, 0.4) is 0 Å². The Bertz CT molecular complexity index is 334. The van der Waals surface area contributed by atoms with Crippen molar-refractivity contribution in [2.75, 3.05) is 25.0 Å². The molecular weight excluding hydrogens is 220 g/mol. The number of piperidine rings is 1. The van der Waals surface area contributed by atoms with E-state index in [4.69, 9.17) is 11.6 Å². The van der Waals surface area contributed by atoms with Crippen molar-refractivity contribution >= 4 is 17.3 Å². The summed E-state index contributed by atoms with van der Waals surface area (Å²) in [6.07, 6.45) is 3.93. The molecule has 0 amide bonds. The van der Waals surface area contributed by atoms with Crippen molar-refractivity contribution < 1.29 is 0 Å². The Hall–Kier alpha value is -0.730. The Morgan fingerprint density at radius 1 is 1.38 bits per heavy atom. The zero-order chi connectivity index (χ0) is 11.4. The van der Waals surface area contributed by atoms with E-state index in [1.165, 1.54) is 19.3 Å². The molecule has 0 radical (unpaired) electrons. The summed E-state index contributed by atoms with van der Waals surface area (Å²) in [6, 6.07) is 8.63. The number of para-hydroxylation sites is 1. The molecule has 0 aromatic heterocycles. The summed E-state index contributed by atoms with van der Waals surface area (Å²) in [5.74, 6) is 0. The van der Waals surface area contributed by atoms with Gasteiger partial charge in [-0.2, -0.15) is 0 Å². The molecule has 1 aliphatic heterocycles. The van der Waals surface area contributed by atoms with Gasteiger partial charge in [-0.1, -0.05) is 30.2 Å². The summed E-state index contributed by atoms with van der Waals surface area (Å²) in [5, 5.41) is 4.39. The second-order valence-corrected chi connectivity index (χ2v) is 4.89. The van der Waals surface area contributed by atoms with Crippen LogP contribution in [0.2, 0.25) is 5.02 Å². The van der Waals surface area contributed by atoms with Gasteiger partial charge in [0.25, 0.3) is 0 Å². The molecular formula is C13H19ClN2. The first-order valence-electron chi connectivity index (χ1n) is 5.96. The Kier molecular flexibility index (Phi) is 4.08. The van der Waals surface area contributed by atoms with E-state index in [9.17, 15) is 0 Å². The molecule has 1 aromatic rings. The summed E-state index contributed by atoms with van der Waals surface area (Å²) < 4.78 is 0. The van der Waals surface area contributed by atoms with Crippen molar-refractivity contribution in [1.82, 2.24) is 5.32 Å². The standard InChI is InChI=1S/C13H19ClN2/c1-16(10-11-6-4-5-9-15-11)13-8-3-2-7-12(13)14/h2-3,7-8,11,15H,4-6,9-10H2,1H3. The van der Waals surface area contributed by atoms with E-state index in [1.54, 1.807) is 0 Å². The minimum absolute atomic E-state index is 0.607. The Labute approximate surface area is 103 Å². The third-order valence-electron chi connectivity index (χ3n) is 3.17. The number of likely N-dealkylation sites (N-methyl/N-ethyl adjacent to an activating group) is 1. The molecule has 2 nitrogen and oxygen atoms in total. The first-order valence-corrected chi connectivity index (χ1v) is 6.34. The fraction of sp³-hybridized carbons (Fsp3) is 0.538. The van der Waals surface area contributed by atoms with Crippen LogP contribution in [0.1, 0.15) is 19.3 Å². The minimum Gasteiger partial charge on any atom is -0.372 e. The highest BCUT2D eigenvalue weighted by molar-refractivity contribution is 6.33. The number of nitrogens with one attached hydrogen (secondary N) is 1. The quantitative estimate of drug-likeness (QED) is 0.871. The third kappa shape index (κ3) is 2.89. The molecule has 1 unspecified atom stereocenters. The fourth-order valence-corrected chi connectivity index (χ4v) is 2.55. The maximum Gasteiger partial charge on any atom is 0.0639 e. The molecule has 0 saturated carbocycles. The van der Waals surface area contributed by atoms with Crippen LogP contribution in [0.25, 0.3) is 0 Å². The molecule has 0 spiro atoms. The number of rotatable bonds is 3. The van der Waals surface area contributed by atoms with E-state index < -0.39 is 0 Å². The Morgan fingerprint density at radius 3 is 2.88 bits per heavy atom. The molecule has 1 fully saturated rings. The number of halogens is 1. The van der Waals surface area contributed by atoms with Gasteiger partial charge >= 0.3 is 0 Å². The monoisotopic (exact) mass is 238 g/mol. The van der Waals surface area contributed by atoms with Crippen molar-refractivity contribution in [3.63, 3.8) is 0 Å². The second kappa shape index (κ2) is 5.55. The normalized spacial score (nSPS) is 20.8. The van der Waals surface area contributed by atoms with Crippen molar-refractivity contribution in [3.05, 3.63) is 29.3 Å². The van der Waals surface area contributed by atoms with Crippen molar-refractivity contribution in [3.8, 4) is 0 Å². The Balaban J connectivity index is 1.96. The van der Waals surface area contributed by atoms with Gasteiger partial charge in [0.2, 0.25) is 0 Å². The third-order valence-corrected chi connectivity index (χ3v) is 3.49. The molecule has 1 aromatic carbocycles. The smallest absolute Gasteiger partial charge is 0.0639 e. The highest BCUT2D eigenvalue weighted by Crippen LogP contribution is 2.24. The molecule has 1 N–H and O–H groups in total. The van der Waals surface area contributed by atoms with Crippen molar-refractivity contribution in [2.45, 2.75) is 25.3 Å². The van der Waals surface area contributed by atoms with Gasteiger partial charge in [-0.3, -0.25) is 0 Å². The van der Waals surface area contributed by atoms with Crippen molar-refractivity contribution in [1.29, 1.82) is 0 Å². The lowest BCUT2D eigenvalue weighted by Crippen LogP contribution is -2.42. The molecule has 2 rings (SSSR count). The molecule has 16 heavy (non-hydrogen) atoms. The number of hydrogen-bond donors (Lipinski definition) is 1. The predicted octanol–water partition coefficient (Wildman–Crippen LogP) is 2.92. The summed E-state index contributed by atoms with van der Waals surface area (Å²) in [4.78, 5) is 2.24. The maximum atomic E-state index is 6.17. The van der Waals surface area contributed by atoms with Crippen LogP contribution in [0, 0.1) is 0 Å². The van der Waals surface area contributed by atoms with Crippen LogP contribution in [0.5, 0.6) is 0 Å². The summed E-state index contributed by atoms with van der Waals surface area (Å²) in [7, 11) is 2.11. The van der Waals surface area contributed by atoms with Gasteiger partial charge in [-0.25, -0.2) is 0 Å². The topological polar surface area (TPSA) is 15.3 Å². The molecule has 0 bridgehead atoms. The lowest BCUT2D eigenvalue weighted by atomic mass is 10.0. The van der Waals surface area contributed by atoms with Gasteiger partial charge in [0, 0.05) is 19.6 Å². The molecule has 0 aliphatic carbocycles. The Morgan fingerprint density at radius 2 is 2.19 bits per heavy atom. The van der Waals surface area contributed by atoms with E-state index in [0.29, 0.717) is 6.04 Å². The largest absolute Gasteiger partial charge is 0.372 e. The minimum atomic E-state index is 0.607. The van der Waals surface area contributed by atoms with E-state index in [-0.39, 0.29) is 0 Å². The van der Waals surface area contributed by atoms with E-state index in [0.717, 1.165) is 23.8 Å². The van der Waals surface area contributed by atoms with Gasteiger partial charge in [-0.15, -0.1) is 0 Å². The highest BCUT2D eigenvalue weighted by atomic mass is 35.5. The SMILES string of the molecule is CN(CC1CCCCN1)c1ccccc1Cl. The van der Waals surface area contributed by atoms with E-state index >= 15 is 0 Å². The van der Waals surface area contributed by atoms with Gasteiger partial charge in [-0.05, 0) is 31.5 Å². The fourth-order valence-electron chi connectivity index (χ4n) is 2.27. The first-order chi connectivity index (χ1) is 7.77. The maximum absolute atomic E-state index is 6.17. The predicted molar refractivity (Wildman–Crippen MR) is 70.4 cm³/mol. The van der Waals surface area contributed by atoms with Crippen LogP contribution in [-0.2, 0) is 0 Å². The summed E-state index contributed by atoms with van der Waals surface area (Å²) >= 11 is 6.17. The van der Waals surface area contributed by atoms with Crippen LogP contribution in [0.15, 0.2) is 24.3 Å². The lowest BCUT2D eigenvalue weighted by molar-refractivity contribution is 0.403. The van der Waals surface area contributed by atoms with Gasteiger partial charge in [0.1, 0.15) is 0 Å².